The fourth-order valence-electron chi connectivity index (χ4n) is 1.14. The summed E-state index contributed by atoms with van der Waals surface area (Å²) < 4.78 is 16.2. The third kappa shape index (κ3) is 8.62. The van der Waals surface area contributed by atoms with Crippen molar-refractivity contribution in [1.29, 1.82) is 0 Å². The molecular weight excluding hydrogens is 245 g/mol. The Balaban J connectivity index is 3.66. The number of unbranched alkanes of at least 4 members (excludes halogenated alkanes) is 2. The molecule has 0 amide bonds. The maximum Gasteiger partial charge on any atom is 0.327 e. The average Bonchev–Trinajstić information content (AvgIpc) is 2.22. The van der Waals surface area contributed by atoms with Gasteiger partial charge in [0.1, 0.15) is 0 Å². The van der Waals surface area contributed by atoms with E-state index in [0.29, 0.717) is 6.61 Å². The van der Waals surface area contributed by atoms with Gasteiger partial charge in [-0.25, -0.2) is 0 Å². The van der Waals surface area contributed by atoms with Crippen LogP contribution in [0.15, 0.2) is 0 Å². The van der Waals surface area contributed by atoms with E-state index in [4.69, 9.17) is 25.4 Å². The molecule has 0 aliphatic heterocycles. The summed E-state index contributed by atoms with van der Waals surface area (Å²) in [5, 5.41) is 3.11. The fourth-order valence-corrected chi connectivity index (χ4v) is 3.00. The van der Waals surface area contributed by atoms with E-state index in [-0.39, 0.29) is 6.10 Å². The zero-order chi connectivity index (χ0) is 12.4. The maximum atomic E-state index is 5.53. The molecule has 0 aliphatic carbocycles. The van der Waals surface area contributed by atoms with Crippen LogP contribution in [0.3, 0.4) is 0 Å². The number of hydrogen-bond acceptors (Lipinski definition) is 5. The van der Waals surface area contributed by atoms with Gasteiger partial charge in [-0.15, -0.1) is 0 Å². The van der Waals surface area contributed by atoms with Crippen LogP contribution in [0.4, 0.5) is 0 Å². The normalized spacial score (nSPS) is 15.3. The van der Waals surface area contributed by atoms with Crippen LogP contribution in [0.5, 0.6) is 0 Å². The summed E-state index contributed by atoms with van der Waals surface area (Å²) in [5.41, 5.74) is 0. The highest BCUT2D eigenvalue weighted by Gasteiger charge is 2.19. The van der Waals surface area contributed by atoms with Crippen molar-refractivity contribution < 1.29 is 13.6 Å². The van der Waals surface area contributed by atoms with Crippen LogP contribution < -0.4 is 5.32 Å². The van der Waals surface area contributed by atoms with Crippen molar-refractivity contribution >= 4 is 18.5 Å². The minimum Gasteiger partial charge on any atom is -0.320 e. The molecule has 0 bridgehead atoms. The standard InChI is InChI=1S/C10H24NO3PS/c1-10(2)14-15(16,12-4)13-9-7-5-6-8-11-3/h10-11H,5-9H2,1-4H3. The molecule has 0 aliphatic rings. The van der Waals surface area contributed by atoms with Crippen LogP contribution in [0.2, 0.25) is 0 Å². The second-order valence-electron chi connectivity index (χ2n) is 3.78. The summed E-state index contributed by atoms with van der Waals surface area (Å²) in [6.45, 7) is 3.01. The van der Waals surface area contributed by atoms with Gasteiger partial charge >= 0.3 is 6.72 Å². The van der Waals surface area contributed by atoms with E-state index in [1.807, 2.05) is 20.9 Å². The quantitative estimate of drug-likeness (QED) is 0.488. The van der Waals surface area contributed by atoms with Gasteiger partial charge in [0.15, 0.2) is 0 Å². The molecule has 1 atom stereocenters. The Morgan fingerprint density at radius 2 is 1.94 bits per heavy atom. The topological polar surface area (TPSA) is 39.7 Å². The molecule has 6 heteroatoms. The van der Waals surface area contributed by atoms with Crippen LogP contribution in [-0.2, 0) is 25.4 Å². The van der Waals surface area contributed by atoms with Crippen molar-refractivity contribution in [3.63, 3.8) is 0 Å². The Kier molecular flexibility index (Phi) is 9.80. The molecule has 0 aromatic carbocycles. The Morgan fingerprint density at radius 3 is 2.44 bits per heavy atom. The van der Waals surface area contributed by atoms with Gasteiger partial charge in [-0.2, -0.15) is 0 Å². The van der Waals surface area contributed by atoms with Crippen LogP contribution in [0.1, 0.15) is 33.1 Å². The molecule has 98 valence electrons. The second-order valence-corrected chi connectivity index (χ2v) is 6.85. The number of hydrogen-bond donors (Lipinski definition) is 1. The maximum absolute atomic E-state index is 5.53. The minimum absolute atomic E-state index is 0.0371. The lowest BCUT2D eigenvalue weighted by atomic mass is 10.2. The van der Waals surface area contributed by atoms with Crippen LogP contribution in [-0.4, -0.2) is 33.4 Å². The van der Waals surface area contributed by atoms with Gasteiger partial charge in [0, 0.05) is 7.11 Å². The molecular formula is C10H24NO3PS. The summed E-state index contributed by atoms with van der Waals surface area (Å²) in [6.07, 6.45) is 3.31. The highest BCUT2D eigenvalue weighted by atomic mass is 32.5. The molecule has 0 spiro atoms. The SMILES string of the molecule is CNCCCCCOP(=S)(OC)OC(C)C. The first-order valence-electron chi connectivity index (χ1n) is 5.67. The number of rotatable bonds is 10. The van der Waals surface area contributed by atoms with Crippen LogP contribution in [0, 0.1) is 0 Å². The van der Waals surface area contributed by atoms with Gasteiger partial charge in [0.25, 0.3) is 0 Å². The van der Waals surface area contributed by atoms with Crippen molar-refractivity contribution in [2.75, 3.05) is 27.3 Å². The Bertz CT molecular complexity index is 214. The highest BCUT2D eigenvalue weighted by molar-refractivity contribution is 8.07. The van der Waals surface area contributed by atoms with Gasteiger partial charge in [-0.05, 0) is 58.5 Å². The Morgan fingerprint density at radius 1 is 1.25 bits per heavy atom. The zero-order valence-corrected chi connectivity index (χ0v) is 12.4. The largest absolute Gasteiger partial charge is 0.327 e. The molecule has 0 aromatic rings. The summed E-state index contributed by atoms with van der Waals surface area (Å²) in [4.78, 5) is 0. The first kappa shape index (κ1) is 16.5. The lowest BCUT2D eigenvalue weighted by molar-refractivity contribution is 0.145. The smallest absolute Gasteiger partial charge is 0.320 e. The van der Waals surface area contributed by atoms with E-state index >= 15 is 0 Å². The highest BCUT2D eigenvalue weighted by Crippen LogP contribution is 2.50. The zero-order valence-electron chi connectivity index (χ0n) is 10.7. The van der Waals surface area contributed by atoms with Gasteiger partial charge in [0.2, 0.25) is 0 Å². The predicted octanol–water partition coefficient (Wildman–Crippen LogP) is 2.69. The molecule has 0 saturated heterocycles. The fraction of sp³-hybridized carbons (Fsp3) is 1.00. The van der Waals surface area contributed by atoms with Gasteiger partial charge < -0.3 is 18.9 Å². The molecule has 0 aromatic heterocycles. The molecule has 1 N–H and O–H groups in total. The van der Waals surface area contributed by atoms with Crippen molar-refractivity contribution in [3.8, 4) is 0 Å². The Labute approximate surface area is 104 Å². The minimum atomic E-state index is -2.49. The third-order valence-corrected chi connectivity index (χ3v) is 4.53. The first-order valence-corrected chi connectivity index (χ1v) is 8.23. The molecule has 0 radical (unpaired) electrons. The predicted molar refractivity (Wildman–Crippen MR) is 71.2 cm³/mol. The van der Waals surface area contributed by atoms with E-state index in [2.05, 4.69) is 5.32 Å². The van der Waals surface area contributed by atoms with E-state index in [1.54, 1.807) is 7.11 Å². The lowest BCUT2D eigenvalue weighted by Gasteiger charge is -2.21. The lowest BCUT2D eigenvalue weighted by Crippen LogP contribution is -2.08. The first-order chi connectivity index (χ1) is 7.54. The molecule has 0 fully saturated rings. The summed E-state index contributed by atoms with van der Waals surface area (Å²) >= 11 is 5.21. The second kappa shape index (κ2) is 9.51. The summed E-state index contributed by atoms with van der Waals surface area (Å²) in [7, 11) is 3.50. The molecule has 0 saturated carbocycles. The van der Waals surface area contributed by atoms with Crippen molar-refractivity contribution in [2.45, 2.75) is 39.2 Å². The van der Waals surface area contributed by atoms with E-state index in [1.165, 1.54) is 0 Å². The van der Waals surface area contributed by atoms with Crippen LogP contribution in [0.25, 0.3) is 0 Å². The number of nitrogens with one attached hydrogen (secondary N) is 1. The molecule has 4 nitrogen and oxygen atoms in total. The van der Waals surface area contributed by atoms with Gasteiger partial charge in [-0.3, -0.25) is 0 Å². The molecule has 16 heavy (non-hydrogen) atoms. The average molecular weight is 269 g/mol. The van der Waals surface area contributed by atoms with Crippen LogP contribution >= 0.6 is 6.72 Å². The third-order valence-electron chi connectivity index (χ3n) is 1.88. The van der Waals surface area contributed by atoms with Crippen molar-refractivity contribution in [1.82, 2.24) is 5.32 Å². The molecule has 0 rings (SSSR count). The van der Waals surface area contributed by atoms with Gasteiger partial charge in [0.05, 0.1) is 12.7 Å². The Hall–Kier alpha value is 0.490. The van der Waals surface area contributed by atoms with Gasteiger partial charge in [-0.1, -0.05) is 0 Å². The van der Waals surface area contributed by atoms with E-state index in [9.17, 15) is 0 Å². The van der Waals surface area contributed by atoms with Crippen molar-refractivity contribution in [3.05, 3.63) is 0 Å². The van der Waals surface area contributed by atoms with E-state index in [0.717, 1.165) is 25.8 Å². The molecule has 1 unspecified atom stereocenters. The monoisotopic (exact) mass is 269 g/mol. The summed E-state index contributed by atoms with van der Waals surface area (Å²) in [6, 6.07) is 0. The molecule has 0 heterocycles. The summed E-state index contributed by atoms with van der Waals surface area (Å²) in [5.74, 6) is 0. The van der Waals surface area contributed by atoms with E-state index < -0.39 is 6.72 Å². The van der Waals surface area contributed by atoms with Crippen molar-refractivity contribution in [2.24, 2.45) is 0 Å².